The molecule has 5 rings (SSSR count). The third-order valence-corrected chi connectivity index (χ3v) is 7.43. The van der Waals surface area contributed by atoms with Crippen LogP contribution in [-0.2, 0) is 10.2 Å². The molecular weight excluding hydrogens is 416 g/mol. The number of nitrogens with zero attached hydrogens (tertiary/aromatic N) is 1. The van der Waals surface area contributed by atoms with Crippen LogP contribution in [0.1, 0.15) is 59.9 Å². The molecule has 2 N–H and O–H groups in total. The molecule has 1 aliphatic heterocycles. The number of hydrogen-bond acceptors (Lipinski definition) is 5. The molecule has 2 heterocycles. The van der Waals surface area contributed by atoms with E-state index in [-0.39, 0.29) is 35.2 Å². The minimum Gasteiger partial charge on any atom is -0.438 e. The van der Waals surface area contributed by atoms with E-state index in [1.54, 1.807) is 0 Å². The highest BCUT2D eigenvalue weighted by molar-refractivity contribution is 5.91. The van der Waals surface area contributed by atoms with Crippen molar-refractivity contribution in [3.63, 3.8) is 0 Å². The summed E-state index contributed by atoms with van der Waals surface area (Å²) in [4.78, 5) is 16.4. The predicted molar refractivity (Wildman–Crippen MR) is 124 cm³/mol. The highest BCUT2D eigenvalue weighted by atomic mass is 16.5. The van der Waals surface area contributed by atoms with Crippen LogP contribution in [-0.4, -0.2) is 34.8 Å². The van der Waals surface area contributed by atoms with Crippen molar-refractivity contribution in [3.8, 4) is 0 Å². The number of fused-ring (bicyclic) bond motifs is 1. The van der Waals surface area contributed by atoms with E-state index < -0.39 is 6.10 Å². The number of benzene rings is 2. The summed E-state index contributed by atoms with van der Waals surface area (Å²) in [5, 5.41) is 14.1. The summed E-state index contributed by atoms with van der Waals surface area (Å²) in [6.07, 6.45) is 6.23. The second kappa shape index (κ2) is 9.49. The molecule has 33 heavy (non-hydrogen) atoms. The average molecular weight is 447 g/mol. The van der Waals surface area contributed by atoms with Crippen LogP contribution in [0.2, 0.25) is 0 Å². The number of hydrogen-bond donors (Lipinski definition) is 2. The fourth-order valence-electron chi connectivity index (χ4n) is 5.56. The number of amides is 1. The predicted octanol–water partition coefficient (Wildman–Crippen LogP) is 4.42. The number of oxazole rings is 1. The van der Waals surface area contributed by atoms with Gasteiger partial charge in [0.2, 0.25) is 5.76 Å². The van der Waals surface area contributed by atoms with Gasteiger partial charge in [-0.25, -0.2) is 4.98 Å². The third kappa shape index (κ3) is 4.59. The molecule has 1 saturated carbocycles. The van der Waals surface area contributed by atoms with Crippen molar-refractivity contribution in [2.45, 2.75) is 55.8 Å². The summed E-state index contributed by atoms with van der Waals surface area (Å²) < 4.78 is 11.7. The quantitative estimate of drug-likeness (QED) is 0.606. The maximum absolute atomic E-state index is 12.6. The van der Waals surface area contributed by atoms with Gasteiger partial charge < -0.3 is 19.6 Å². The fourth-order valence-corrected chi connectivity index (χ4v) is 5.56. The first kappa shape index (κ1) is 21.9. The molecular formula is C27H30N2O4. The molecule has 2 aromatic carbocycles. The molecule has 2 aliphatic rings. The standard InChI is InChI=1S/C27H30N2O4/c30-22-15-24(19-7-3-1-4-8-19)33-23-12-14-27(13-11-21(22)23,20-9-5-2-6-10-20)17-29-26(31)25-16-28-18-32-25/h1-10,16,18,21-24,30H,11-15,17H2,(H,29,31)/t21-,22+,23+,24+,27+/m1/s1. The minimum absolute atomic E-state index is 0.00508. The molecule has 6 heteroatoms. The fraction of sp³-hybridized carbons (Fsp3) is 0.407. The van der Waals surface area contributed by atoms with E-state index in [2.05, 4.69) is 34.6 Å². The van der Waals surface area contributed by atoms with Gasteiger partial charge in [-0.1, -0.05) is 60.7 Å². The zero-order valence-corrected chi connectivity index (χ0v) is 18.6. The van der Waals surface area contributed by atoms with Crippen LogP contribution in [0.3, 0.4) is 0 Å². The van der Waals surface area contributed by atoms with Gasteiger partial charge in [0.25, 0.3) is 5.91 Å². The Morgan fingerprint density at radius 1 is 1.06 bits per heavy atom. The highest BCUT2D eigenvalue weighted by Crippen LogP contribution is 2.46. The van der Waals surface area contributed by atoms with Crippen molar-refractivity contribution in [2.75, 3.05) is 6.54 Å². The van der Waals surface area contributed by atoms with Crippen LogP contribution in [0.5, 0.6) is 0 Å². The van der Waals surface area contributed by atoms with E-state index in [1.807, 2.05) is 36.4 Å². The van der Waals surface area contributed by atoms with Gasteiger partial charge in [0.05, 0.1) is 24.5 Å². The second-order valence-electron chi connectivity index (χ2n) is 9.31. The monoisotopic (exact) mass is 446 g/mol. The molecule has 0 unspecified atom stereocenters. The van der Waals surface area contributed by atoms with Crippen LogP contribution in [0.4, 0.5) is 0 Å². The molecule has 2 fully saturated rings. The van der Waals surface area contributed by atoms with Crippen molar-refractivity contribution in [1.82, 2.24) is 10.3 Å². The first-order chi connectivity index (χ1) is 16.1. The molecule has 0 radical (unpaired) electrons. The molecule has 172 valence electrons. The van der Waals surface area contributed by atoms with E-state index >= 15 is 0 Å². The molecule has 1 aliphatic carbocycles. The zero-order valence-electron chi connectivity index (χ0n) is 18.6. The zero-order chi connectivity index (χ0) is 22.7. The third-order valence-electron chi connectivity index (χ3n) is 7.43. The summed E-state index contributed by atoms with van der Waals surface area (Å²) in [6.45, 7) is 0.494. The van der Waals surface area contributed by atoms with Crippen molar-refractivity contribution in [2.24, 2.45) is 5.92 Å². The Hall–Kier alpha value is -2.96. The summed E-state index contributed by atoms with van der Waals surface area (Å²) in [6, 6.07) is 20.6. The summed E-state index contributed by atoms with van der Waals surface area (Å²) >= 11 is 0. The van der Waals surface area contributed by atoms with Crippen LogP contribution in [0, 0.1) is 5.92 Å². The number of aliphatic hydroxyl groups is 1. The summed E-state index contributed by atoms with van der Waals surface area (Å²) in [7, 11) is 0. The highest BCUT2D eigenvalue weighted by Gasteiger charge is 2.44. The first-order valence-corrected chi connectivity index (χ1v) is 11.8. The topological polar surface area (TPSA) is 84.6 Å². The van der Waals surface area contributed by atoms with Crippen molar-refractivity contribution in [3.05, 3.63) is 90.1 Å². The van der Waals surface area contributed by atoms with Crippen LogP contribution in [0.25, 0.3) is 0 Å². The summed E-state index contributed by atoms with van der Waals surface area (Å²) in [5.74, 6) is 0.0513. The van der Waals surface area contributed by atoms with E-state index in [9.17, 15) is 9.90 Å². The number of rotatable bonds is 5. The SMILES string of the molecule is O=C(NC[C@]1(c2ccccc2)CC[C@H]2[C@H](CC1)O[C@H](c1ccccc1)C[C@@H]2O)c1cnco1. The molecule has 6 nitrogen and oxygen atoms in total. The Kier molecular flexibility index (Phi) is 6.29. The van der Waals surface area contributed by atoms with Gasteiger partial charge in [-0.2, -0.15) is 0 Å². The van der Waals surface area contributed by atoms with Gasteiger partial charge in [-0.3, -0.25) is 4.79 Å². The normalized spacial score (nSPS) is 29.6. The molecule has 1 saturated heterocycles. The minimum atomic E-state index is -0.399. The van der Waals surface area contributed by atoms with Gasteiger partial charge in [0.1, 0.15) is 0 Å². The van der Waals surface area contributed by atoms with E-state index in [1.165, 1.54) is 18.2 Å². The molecule has 0 bridgehead atoms. The number of carbonyl (C=O) groups is 1. The lowest BCUT2D eigenvalue weighted by Gasteiger charge is -2.39. The van der Waals surface area contributed by atoms with Gasteiger partial charge in [-0.05, 0) is 36.8 Å². The van der Waals surface area contributed by atoms with Crippen molar-refractivity contribution < 1.29 is 19.1 Å². The maximum Gasteiger partial charge on any atom is 0.288 e. The lowest BCUT2D eigenvalue weighted by molar-refractivity contribution is -0.139. The number of nitrogens with one attached hydrogen (secondary N) is 1. The average Bonchev–Trinajstić information content (AvgIpc) is 3.33. The molecule has 0 spiro atoms. The number of carbonyl (C=O) groups excluding carboxylic acids is 1. The van der Waals surface area contributed by atoms with Crippen molar-refractivity contribution in [1.29, 1.82) is 0 Å². The van der Waals surface area contributed by atoms with Gasteiger partial charge in [0.15, 0.2) is 6.39 Å². The molecule has 1 amide bonds. The van der Waals surface area contributed by atoms with Crippen LogP contribution < -0.4 is 5.32 Å². The Labute approximate surface area is 194 Å². The second-order valence-corrected chi connectivity index (χ2v) is 9.31. The Morgan fingerprint density at radius 3 is 2.52 bits per heavy atom. The Morgan fingerprint density at radius 2 is 1.79 bits per heavy atom. The van der Waals surface area contributed by atoms with Crippen LogP contribution >= 0.6 is 0 Å². The molecule has 1 aromatic heterocycles. The van der Waals surface area contributed by atoms with Gasteiger partial charge in [-0.15, -0.1) is 0 Å². The Balaban J connectivity index is 1.37. The number of aromatic nitrogens is 1. The van der Waals surface area contributed by atoms with E-state index in [4.69, 9.17) is 9.15 Å². The molecule has 5 atom stereocenters. The van der Waals surface area contributed by atoms with Gasteiger partial charge >= 0.3 is 0 Å². The summed E-state index contributed by atoms with van der Waals surface area (Å²) in [5.41, 5.74) is 2.09. The first-order valence-electron chi connectivity index (χ1n) is 11.8. The van der Waals surface area contributed by atoms with Crippen molar-refractivity contribution >= 4 is 5.91 Å². The lowest BCUT2D eigenvalue weighted by atomic mass is 9.73. The Bertz CT molecular complexity index is 1040. The van der Waals surface area contributed by atoms with Crippen LogP contribution in [0.15, 0.2) is 77.7 Å². The van der Waals surface area contributed by atoms with Gasteiger partial charge in [0, 0.05) is 24.3 Å². The number of ether oxygens (including phenoxy) is 1. The molecule has 3 aromatic rings. The largest absolute Gasteiger partial charge is 0.438 e. The smallest absolute Gasteiger partial charge is 0.288 e. The lowest BCUT2D eigenvalue weighted by Crippen LogP contribution is -2.40. The van der Waals surface area contributed by atoms with E-state index in [0.29, 0.717) is 13.0 Å². The maximum atomic E-state index is 12.6. The van der Waals surface area contributed by atoms with E-state index in [0.717, 1.165) is 31.2 Å². The number of aliphatic hydroxyl groups excluding tert-OH is 1.